The molecule has 0 radical (unpaired) electrons. The van der Waals surface area contributed by atoms with Gasteiger partial charge in [-0.15, -0.1) is 0 Å². The standard InChI is InChI=1S/C12H23N3/c1-2-11(3-1)8-14-9-12(10-14)15-6-4-13-5-7-15/h11-13H,1-10H2. The molecule has 0 amide bonds. The smallest absolute Gasteiger partial charge is 0.0351 e. The van der Waals surface area contributed by atoms with Crippen molar-refractivity contribution in [2.45, 2.75) is 25.3 Å². The number of hydrogen-bond donors (Lipinski definition) is 1. The molecule has 0 spiro atoms. The van der Waals surface area contributed by atoms with Gasteiger partial charge in [0, 0.05) is 51.9 Å². The first-order chi connectivity index (χ1) is 7.42. The van der Waals surface area contributed by atoms with Gasteiger partial charge in [-0.1, -0.05) is 6.42 Å². The molecule has 3 aliphatic rings. The highest BCUT2D eigenvalue weighted by Crippen LogP contribution is 2.29. The van der Waals surface area contributed by atoms with Gasteiger partial charge in [-0.25, -0.2) is 0 Å². The Bertz CT molecular complexity index is 203. The summed E-state index contributed by atoms with van der Waals surface area (Å²) < 4.78 is 0. The molecule has 0 aromatic rings. The lowest BCUT2D eigenvalue weighted by Crippen LogP contribution is -2.63. The van der Waals surface area contributed by atoms with Gasteiger partial charge >= 0.3 is 0 Å². The van der Waals surface area contributed by atoms with E-state index in [2.05, 4.69) is 15.1 Å². The molecule has 1 N–H and O–H groups in total. The van der Waals surface area contributed by atoms with Crippen LogP contribution in [0.15, 0.2) is 0 Å². The van der Waals surface area contributed by atoms with E-state index in [9.17, 15) is 0 Å². The average Bonchev–Trinajstić information content (AvgIpc) is 2.14. The summed E-state index contributed by atoms with van der Waals surface area (Å²) in [6.07, 6.45) is 4.48. The minimum absolute atomic E-state index is 0.882. The Morgan fingerprint density at radius 2 is 1.80 bits per heavy atom. The van der Waals surface area contributed by atoms with Crippen molar-refractivity contribution in [3.05, 3.63) is 0 Å². The number of likely N-dealkylation sites (tertiary alicyclic amines) is 1. The molecule has 1 saturated carbocycles. The van der Waals surface area contributed by atoms with Gasteiger partial charge in [0.25, 0.3) is 0 Å². The van der Waals surface area contributed by atoms with E-state index in [1.165, 1.54) is 65.1 Å². The fraction of sp³-hybridized carbons (Fsp3) is 1.00. The van der Waals surface area contributed by atoms with Crippen LogP contribution in [-0.4, -0.2) is 61.7 Å². The molecular weight excluding hydrogens is 186 g/mol. The van der Waals surface area contributed by atoms with E-state index >= 15 is 0 Å². The third-order valence-corrected chi connectivity index (χ3v) is 4.35. The maximum Gasteiger partial charge on any atom is 0.0351 e. The number of piperazine rings is 1. The Balaban J connectivity index is 1.37. The van der Waals surface area contributed by atoms with Crippen molar-refractivity contribution in [3.8, 4) is 0 Å². The van der Waals surface area contributed by atoms with Crippen LogP contribution in [-0.2, 0) is 0 Å². The summed E-state index contributed by atoms with van der Waals surface area (Å²) in [5.74, 6) is 1.05. The minimum atomic E-state index is 0.882. The number of nitrogens with one attached hydrogen (secondary N) is 1. The molecule has 2 saturated heterocycles. The average molecular weight is 209 g/mol. The van der Waals surface area contributed by atoms with E-state index in [1.54, 1.807) is 0 Å². The second-order valence-corrected chi connectivity index (χ2v) is 5.46. The van der Waals surface area contributed by atoms with Crippen LogP contribution >= 0.6 is 0 Å². The van der Waals surface area contributed by atoms with Crippen LogP contribution in [0, 0.1) is 5.92 Å². The summed E-state index contributed by atoms with van der Waals surface area (Å²) in [6, 6.07) is 0.882. The topological polar surface area (TPSA) is 18.5 Å². The molecule has 1 aliphatic carbocycles. The maximum absolute atomic E-state index is 3.42. The van der Waals surface area contributed by atoms with Crippen molar-refractivity contribution in [2.75, 3.05) is 45.8 Å². The highest BCUT2D eigenvalue weighted by atomic mass is 15.3. The van der Waals surface area contributed by atoms with E-state index in [-0.39, 0.29) is 0 Å². The lowest BCUT2D eigenvalue weighted by atomic mass is 9.84. The maximum atomic E-state index is 3.42. The second-order valence-electron chi connectivity index (χ2n) is 5.46. The quantitative estimate of drug-likeness (QED) is 0.725. The molecule has 0 aromatic heterocycles. The fourth-order valence-electron chi connectivity index (χ4n) is 3.01. The Morgan fingerprint density at radius 1 is 1.07 bits per heavy atom. The van der Waals surface area contributed by atoms with Crippen molar-refractivity contribution in [1.29, 1.82) is 0 Å². The molecule has 0 bridgehead atoms. The molecule has 3 rings (SSSR count). The highest BCUT2D eigenvalue weighted by Gasteiger charge is 2.34. The van der Waals surface area contributed by atoms with Gasteiger partial charge in [-0.05, 0) is 18.8 Å². The molecule has 15 heavy (non-hydrogen) atoms. The number of hydrogen-bond acceptors (Lipinski definition) is 3. The molecule has 0 aromatic carbocycles. The predicted octanol–water partition coefficient (Wildman–Crippen LogP) is 0.376. The van der Waals surface area contributed by atoms with Gasteiger partial charge in [0.2, 0.25) is 0 Å². The molecular formula is C12H23N3. The largest absolute Gasteiger partial charge is 0.314 e. The zero-order chi connectivity index (χ0) is 10.1. The van der Waals surface area contributed by atoms with E-state index in [1.807, 2.05) is 0 Å². The normalized spacial score (nSPS) is 31.2. The Kier molecular flexibility index (Phi) is 2.95. The zero-order valence-corrected chi connectivity index (χ0v) is 9.62. The van der Waals surface area contributed by atoms with Crippen LogP contribution < -0.4 is 5.32 Å². The van der Waals surface area contributed by atoms with Gasteiger partial charge in [0.05, 0.1) is 0 Å². The van der Waals surface area contributed by atoms with E-state index in [0.29, 0.717) is 0 Å². The third-order valence-electron chi connectivity index (χ3n) is 4.35. The van der Waals surface area contributed by atoms with E-state index in [0.717, 1.165) is 12.0 Å². The van der Waals surface area contributed by atoms with Gasteiger partial charge in [-0.3, -0.25) is 9.80 Å². The zero-order valence-electron chi connectivity index (χ0n) is 9.62. The summed E-state index contributed by atoms with van der Waals surface area (Å²) >= 11 is 0. The summed E-state index contributed by atoms with van der Waals surface area (Å²) in [5.41, 5.74) is 0. The van der Waals surface area contributed by atoms with E-state index in [4.69, 9.17) is 0 Å². The fourth-order valence-corrected chi connectivity index (χ4v) is 3.01. The monoisotopic (exact) mass is 209 g/mol. The number of rotatable bonds is 3. The van der Waals surface area contributed by atoms with Crippen molar-refractivity contribution < 1.29 is 0 Å². The number of nitrogens with zero attached hydrogens (tertiary/aromatic N) is 2. The van der Waals surface area contributed by atoms with Crippen LogP contribution in [0.2, 0.25) is 0 Å². The molecule has 3 nitrogen and oxygen atoms in total. The first-order valence-corrected chi connectivity index (χ1v) is 6.59. The molecule has 3 fully saturated rings. The predicted molar refractivity (Wildman–Crippen MR) is 62.0 cm³/mol. The third kappa shape index (κ3) is 2.19. The first-order valence-electron chi connectivity index (χ1n) is 6.59. The van der Waals surface area contributed by atoms with Crippen LogP contribution in [0.3, 0.4) is 0 Å². The van der Waals surface area contributed by atoms with Gasteiger partial charge in [0.15, 0.2) is 0 Å². The lowest BCUT2D eigenvalue weighted by Gasteiger charge is -2.48. The van der Waals surface area contributed by atoms with Gasteiger partial charge < -0.3 is 5.32 Å². The van der Waals surface area contributed by atoms with Gasteiger partial charge in [0.1, 0.15) is 0 Å². The summed E-state index contributed by atoms with van der Waals surface area (Å²) in [7, 11) is 0. The van der Waals surface area contributed by atoms with Crippen LogP contribution in [0.1, 0.15) is 19.3 Å². The lowest BCUT2D eigenvalue weighted by molar-refractivity contribution is 0.00991. The second kappa shape index (κ2) is 4.40. The summed E-state index contributed by atoms with van der Waals surface area (Å²) in [6.45, 7) is 9.00. The minimum Gasteiger partial charge on any atom is -0.314 e. The molecule has 0 unspecified atom stereocenters. The van der Waals surface area contributed by atoms with Gasteiger partial charge in [-0.2, -0.15) is 0 Å². The summed E-state index contributed by atoms with van der Waals surface area (Å²) in [4.78, 5) is 5.34. The highest BCUT2D eigenvalue weighted by molar-refractivity contribution is 4.91. The Labute approximate surface area is 92.8 Å². The molecule has 2 aliphatic heterocycles. The Hall–Kier alpha value is -0.120. The first kappa shape index (κ1) is 10.1. The van der Waals surface area contributed by atoms with Crippen molar-refractivity contribution in [2.24, 2.45) is 5.92 Å². The van der Waals surface area contributed by atoms with Crippen LogP contribution in [0.25, 0.3) is 0 Å². The van der Waals surface area contributed by atoms with Crippen molar-refractivity contribution in [3.63, 3.8) is 0 Å². The SMILES string of the molecule is C1CC(CN2CC(N3CCNCC3)C2)C1. The molecule has 86 valence electrons. The van der Waals surface area contributed by atoms with Crippen LogP contribution in [0.5, 0.6) is 0 Å². The van der Waals surface area contributed by atoms with Crippen molar-refractivity contribution >= 4 is 0 Å². The van der Waals surface area contributed by atoms with E-state index < -0.39 is 0 Å². The Morgan fingerprint density at radius 3 is 2.40 bits per heavy atom. The summed E-state index contributed by atoms with van der Waals surface area (Å²) in [5, 5.41) is 3.42. The van der Waals surface area contributed by atoms with Crippen LogP contribution in [0.4, 0.5) is 0 Å². The molecule has 2 heterocycles. The molecule has 0 atom stereocenters. The molecule has 3 heteroatoms. The van der Waals surface area contributed by atoms with Crippen molar-refractivity contribution in [1.82, 2.24) is 15.1 Å².